The molecule has 28 heavy (non-hydrogen) atoms. The van der Waals surface area contributed by atoms with Crippen molar-refractivity contribution in [2.45, 2.75) is 17.9 Å². The van der Waals surface area contributed by atoms with Crippen molar-refractivity contribution in [3.05, 3.63) is 71.4 Å². The zero-order valence-electron chi connectivity index (χ0n) is 15.7. The number of sulfone groups is 1. The molecule has 0 aliphatic carbocycles. The average Bonchev–Trinajstić information content (AvgIpc) is 2.67. The van der Waals surface area contributed by atoms with Crippen molar-refractivity contribution < 1.29 is 22.7 Å². The molecule has 0 saturated heterocycles. The molecule has 1 heterocycles. The molecule has 0 bridgehead atoms. The van der Waals surface area contributed by atoms with E-state index in [1.807, 2.05) is 30.3 Å². The van der Waals surface area contributed by atoms with Crippen LogP contribution in [0.3, 0.4) is 0 Å². The SMILES string of the molecule is COC(=O)C1=C(C)N(c2ccc(S(C)(=O)=O)cc2)C(=O)N[C@@H]1c1ccccc1. The van der Waals surface area contributed by atoms with Gasteiger partial charge in [0.05, 0.1) is 29.3 Å². The van der Waals surface area contributed by atoms with Gasteiger partial charge in [-0.1, -0.05) is 30.3 Å². The van der Waals surface area contributed by atoms with E-state index >= 15 is 0 Å². The summed E-state index contributed by atoms with van der Waals surface area (Å²) >= 11 is 0. The maximum Gasteiger partial charge on any atom is 0.337 e. The summed E-state index contributed by atoms with van der Waals surface area (Å²) in [5.41, 5.74) is 1.91. The molecule has 2 aromatic rings. The second-order valence-corrected chi connectivity index (χ2v) is 8.40. The van der Waals surface area contributed by atoms with Crippen molar-refractivity contribution >= 4 is 27.5 Å². The first-order valence-electron chi connectivity index (χ1n) is 8.49. The highest BCUT2D eigenvalue weighted by Gasteiger charge is 2.36. The third-order valence-electron chi connectivity index (χ3n) is 4.55. The zero-order chi connectivity index (χ0) is 20.5. The lowest BCUT2D eigenvalue weighted by atomic mass is 9.94. The molecule has 0 spiro atoms. The minimum absolute atomic E-state index is 0.144. The minimum atomic E-state index is -3.36. The van der Waals surface area contributed by atoms with Gasteiger partial charge in [-0.15, -0.1) is 0 Å². The van der Waals surface area contributed by atoms with Crippen molar-refractivity contribution in [3.8, 4) is 0 Å². The molecule has 1 atom stereocenters. The standard InChI is InChI=1S/C20H20N2O5S/c1-13-17(19(23)27-2)18(14-7-5-4-6-8-14)21-20(24)22(13)15-9-11-16(12-10-15)28(3,25)26/h4-12,18H,1-3H3,(H,21,24)/t18-/m1/s1. The zero-order valence-corrected chi connectivity index (χ0v) is 16.5. The molecule has 3 rings (SSSR count). The van der Waals surface area contributed by atoms with Crippen LogP contribution in [0.1, 0.15) is 18.5 Å². The van der Waals surface area contributed by atoms with Crippen LogP contribution in [0.4, 0.5) is 10.5 Å². The van der Waals surface area contributed by atoms with Gasteiger partial charge in [0, 0.05) is 12.0 Å². The van der Waals surface area contributed by atoms with E-state index in [1.54, 1.807) is 6.92 Å². The van der Waals surface area contributed by atoms with E-state index in [4.69, 9.17) is 4.74 Å². The Morgan fingerprint density at radius 3 is 2.21 bits per heavy atom. The third kappa shape index (κ3) is 3.63. The topological polar surface area (TPSA) is 92.8 Å². The van der Waals surface area contributed by atoms with Crippen molar-refractivity contribution in [1.82, 2.24) is 5.32 Å². The predicted octanol–water partition coefficient (Wildman–Crippen LogP) is 2.81. The second kappa shape index (κ2) is 7.47. The monoisotopic (exact) mass is 400 g/mol. The number of carbonyl (C=O) groups is 2. The number of hydrogen-bond donors (Lipinski definition) is 1. The normalized spacial score (nSPS) is 17.3. The molecule has 0 saturated carbocycles. The summed E-state index contributed by atoms with van der Waals surface area (Å²) in [5, 5.41) is 2.83. The molecule has 1 aliphatic rings. The van der Waals surface area contributed by atoms with Gasteiger partial charge in [0.1, 0.15) is 0 Å². The molecule has 2 amide bonds. The van der Waals surface area contributed by atoms with Gasteiger partial charge >= 0.3 is 12.0 Å². The molecule has 7 nitrogen and oxygen atoms in total. The fourth-order valence-electron chi connectivity index (χ4n) is 3.17. The fraction of sp³-hybridized carbons (Fsp3) is 0.200. The summed E-state index contributed by atoms with van der Waals surface area (Å²) in [7, 11) is -2.07. The summed E-state index contributed by atoms with van der Waals surface area (Å²) in [4.78, 5) is 26.8. The Morgan fingerprint density at radius 1 is 1.07 bits per heavy atom. The largest absolute Gasteiger partial charge is 0.466 e. The van der Waals surface area contributed by atoms with E-state index in [9.17, 15) is 18.0 Å². The average molecular weight is 400 g/mol. The van der Waals surface area contributed by atoms with Crippen LogP contribution in [-0.4, -0.2) is 33.8 Å². The number of esters is 1. The lowest BCUT2D eigenvalue weighted by Crippen LogP contribution is -2.48. The van der Waals surface area contributed by atoms with Crippen LogP contribution in [0, 0.1) is 0 Å². The van der Waals surface area contributed by atoms with E-state index in [0.717, 1.165) is 11.8 Å². The summed E-state index contributed by atoms with van der Waals surface area (Å²) < 4.78 is 28.3. The molecule has 8 heteroatoms. The first-order chi connectivity index (χ1) is 13.2. The predicted molar refractivity (Wildman–Crippen MR) is 104 cm³/mol. The number of methoxy groups -OCH3 is 1. The van der Waals surface area contributed by atoms with Crippen molar-refractivity contribution in [3.63, 3.8) is 0 Å². The van der Waals surface area contributed by atoms with Gasteiger partial charge in [0.15, 0.2) is 9.84 Å². The van der Waals surface area contributed by atoms with Gasteiger partial charge in [-0.25, -0.2) is 18.0 Å². The van der Waals surface area contributed by atoms with E-state index in [1.165, 1.54) is 36.3 Å². The smallest absolute Gasteiger partial charge is 0.337 e. The highest BCUT2D eigenvalue weighted by Crippen LogP contribution is 2.34. The Morgan fingerprint density at radius 2 is 1.68 bits per heavy atom. The summed E-state index contributed by atoms with van der Waals surface area (Å²) in [5.74, 6) is -0.552. The minimum Gasteiger partial charge on any atom is -0.466 e. The van der Waals surface area contributed by atoms with E-state index < -0.39 is 27.9 Å². The number of rotatable bonds is 4. The van der Waals surface area contributed by atoms with Gasteiger partial charge in [-0.05, 0) is 36.8 Å². The Labute approximate surface area is 163 Å². The van der Waals surface area contributed by atoms with E-state index in [0.29, 0.717) is 17.0 Å². The highest BCUT2D eigenvalue weighted by molar-refractivity contribution is 7.90. The van der Waals surface area contributed by atoms with Gasteiger partial charge in [0.25, 0.3) is 0 Å². The molecule has 1 N–H and O–H groups in total. The van der Waals surface area contributed by atoms with Crippen LogP contribution >= 0.6 is 0 Å². The second-order valence-electron chi connectivity index (χ2n) is 6.39. The van der Waals surface area contributed by atoms with Crippen LogP contribution in [-0.2, 0) is 19.4 Å². The first-order valence-corrected chi connectivity index (χ1v) is 10.4. The van der Waals surface area contributed by atoms with Gasteiger partial charge < -0.3 is 10.1 Å². The number of allylic oxidation sites excluding steroid dienone is 1. The lowest BCUT2D eigenvalue weighted by Gasteiger charge is -2.35. The summed E-state index contributed by atoms with van der Waals surface area (Å²) in [6.07, 6.45) is 1.11. The van der Waals surface area contributed by atoms with E-state index in [2.05, 4.69) is 5.32 Å². The fourth-order valence-corrected chi connectivity index (χ4v) is 3.80. The Kier molecular flexibility index (Phi) is 5.24. The quantitative estimate of drug-likeness (QED) is 0.797. The molecule has 0 unspecified atom stereocenters. The van der Waals surface area contributed by atoms with Gasteiger partial charge in [-0.3, -0.25) is 4.90 Å². The number of nitrogens with zero attached hydrogens (tertiary/aromatic N) is 1. The van der Waals surface area contributed by atoms with Crippen LogP contribution in [0.15, 0.2) is 70.8 Å². The van der Waals surface area contributed by atoms with Crippen molar-refractivity contribution in [2.75, 3.05) is 18.3 Å². The molecular weight excluding hydrogens is 380 g/mol. The molecule has 0 fully saturated rings. The Balaban J connectivity index is 2.10. The Hall–Kier alpha value is -3.13. The molecule has 0 radical (unpaired) electrons. The number of carbonyl (C=O) groups excluding carboxylic acids is 2. The highest BCUT2D eigenvalue weighted by atomic mass is 32.2. The molecule has 1 aliphatic heterocycles. The number of anilines is 1. The van der Waals surface area contributed by atoms with Gasteiger partial charge in [0.2, 0.25) is 0 Å². The first kappa shape index (κ1) is 19.6. The van der Waals surface area contributed by atoms with Crippen molar-refractivity contribution in [2.24, 2.45) is 0 Å². The summed E-state index contributed by atoms with van der Waals surface area (Å²) in [6, 6.07) is 13.9. The lowest BCUT2D eigenvalue weighted by molar-refractivity contribution is -0.136. The number of urea groups is 1. The van der Waals surface area contributed by atoms with Crippen molar-refractivity contribution in [1.29, 1.82) is 0 Å². The molecule has 2 aromatic carbocycles. The maximum atomic E-state index is 12.8. The summed E-state index contributed by atoms with van der Waals surface area (Å²) in [6.45, 7) is 1.66. The van der Waals surface area contributed by atoms with E-state index in [-0.39, 0.29) is 4.90 Å². The Bertz CT molecular complexity index is 1040. The molecular formula is C20H20N2O5S. The number of hydrogen-bond acceptors (Lipinski definition) is 5. The molecule has 146 valence electrons. The van der Waals surface area contributed by atoms with Crippen LogP contribution < -0.4 is 10.2 Å². The number of ether oxygens (including phenoxy) is 1. The van der Waals surface area contributed by atoms with Crippen LogP contribution in [0.2, 0.25) is 0 Å². The number of nitrogens with one attached hydrogen (secondary N) is 1. The maximum absolute atomic E-state index is 12.8. The van der Waals surface area contributed by atoms with Crippen LogP contribution in [0.5, 0.6) is 0 Å². The van der Waals surface area contributed by atoms with Gasteiger partial charge in [-0.2, -0.15) is 0 Å². The number of benzene rings is 2. The molecule has 0 aromatic heterocycles. The van der Waals surface area contributed by atoms with Crippen LogP contribution in [0.25, 0.3) is 0 Å². The third-order valence-corrected chi connectivity index (χ3v) is 5.67. The number of amides is 2.